The van der Waals surface area contributed by atoms with Gasteiger partial charge in [0.25, 0.3) is 0 Å². The maximum absolute atomic E-state index is 12.6. The molecule has 0 atom stereocenters. The lowest BCUT2D eigenvalue weighted by atomic mass is 9.93. The summed E-state index contributed by atoms with van der Waals surface area (Å²) < 4.78 is 47.3. The predicted octanol–water partition coefficient (Wildman–Crippen LogP) is 2.18. The van der Waals surface area contributed by atoms with Crippen molar-refractivity contribution in [3.63, 3.8) is 0 Å². The summed E-state index contributed by atoms with van der Waals surface area (Å²) >= 11 is 0. The van der Waals surface area contributed by atoms with Crippen LogP contribution in [0.15, 0.2) is 0 Å². The molecule has 0 radical (unpaired) electrons. The van der Waals surface area contributed by atoms with Crippen molar-refractivity contribution in [3.05, 3.63) is 0 Å². The van der Waals surface area contributed by atoms with Gasteiger partial charge in [-0.1, -0.05) is 0 Å². The standard InChI is InChI=1S/C10H16F3NO3/c1-8(2,3)17-7(15)14-5-9(6-14,16-4)10(11,12)13/h5-6H2,1-4H3. The van der Waals surface area contributed by atoms with E-state index in [0.29, 0.717) is 0 Å². The normalized spacial score (nSPS) is 19.8. The van der Waals surface area contributed by atoms with Gasteiger partial charge < -0.3 is 14.4 Å². The minimum Gasteiger partial charge on any atom is -0.444 e. The zero-order valence-corrected chi connectivity index (χ0v) is 10.2. The van der Waals surface area contributed by atoms with E-state index < -0.39 is 36.6 Å². The maximum Gasteiger partial charge on any atom is 0.420 e. The molecular weight excluding hydrogens is 239 g/mol. The minimum absolute atomic E-state index is 0.526. The first-order valence-electron chi connectivity index (χ1n) is 5.10. The van der Waals surface area contributed by atoms with Gasteiger partial charge in [0.1, 0.15) is 5.60 Å². The predicted molar refractivity (Wildman–Crippen MR) is 53.6 cm³/mol. The Hall–Kier alpha value is -0.980. The Balaban J connectivity index is 2.59. The lowest BCUT2D eigenvalue weighted by Crippen LogP contribution is -2.71. The van der Waals surface area contributed by atoms with E-state index >= 15 is 0 Å². The number of hydrogen-bond donors (Lipinski definition) is 0. The molecule has 0 aromatic rings. The number of nitrogens with zero attached hydrogens (tertiary/aromatic N) is 1. The summed E-state index contributed by atoms with van der Waals surface area (Å²) in [5.41, 5.74) is -2.97. The summed E-state index contributed by atoms with van der Waals surface area (Å²) in [5.74, 6) is 0. The Morgan fingerprint density at radius 1 is 1.24 bits per heavy atom. The highest BCUT2D eigenvalue weighted by Gasteiger charge is 2.64. The van der Waals surface area contributed by atoms with E-state index in [1.165, 1.54) is 0 Å². The molecule has 0 saturated carbocycles. The fraction of sp³-hybridized carbons (Fsp3) is 0.900. The lowest BCUT2D eigenvalue weighted by Gasteiger charge is -2.48. The third-order valence-corrected chi connectivity index (χ3v) is 2.45. The van der Waals surface area contributed by atoms with Gasteiger partial charge in [0.15, 0.2) is 5.60 Å². The highest BCUT2D eigenvalue weighted by Crippen LogP contribution is 2.40. The van der Waals surface area contributed by atoms with Crippen LogP contribution in [0, 0.1) is 0 Å². The Labute approximate surface area is 97.7 Å². The molecule has 1 amide bonds. The molecule has 1 aliphatic heterocycles. The Bertz CT molecular complexity index is 303. The third kappa shape index (κ3) is 2.83. The summed E-state index contributed by atoms with van der Waals surface area (Å²) in [7, 11) is 0.986. The van der Waals surface area contributed by atoms with Crippen molar-refractivity contribution >= 4 is 6.09 Å². The van der Waals surface area contributed by atoms with Crippen molar-refractivity contribution in [2.24, 2.45) is 0 Å². The van der Waals surface area contributed by atoms with Crippen molar-refractivity contribution in [2.45, 2.75) is 38.1 Å². The molecule has 0 spiro atoms. The van der Waals surface area contributed by atoms with Crippen LogP contribution in [-0.4, -0.2) is 48.6 Å². The summed E-state index contributed by atoms with van der Waals surface area (Å²) in [5, 5.41) is 0. The van der Waals surface area contributed by atoms with Gasteiger partial charge >= 0.3 is 12.3 Å². The van der Waals surface area contributed by atoms with Crippen LogP contribution in [0.4, 0.5) is 18.0 Å². The molecule has 0 aromatic heterocycles. The summed E-state index contributed by atoms with van der Waals surface area (Å²) in [6, 6.07) is 0. The van der Waals surface area contributed by atoms with Gasteiger partial charge in [-0.3, -0.25) is 0 Å². The molecule has 0 aromatic carbocycles. The van der Waals surface area contributed by atoms with Crippen LogP contribution in [0.1, 0.15) is 20.8 Å². The van der Waals surface area contributed by atoms with Crippen LogP contribution in [0.2, 0.25) is 0 Å². The number of methoxy groups -OCH3 is 1. The van der Waals surface area contributed by atoms with Crippen molar-refractivity contribution in [1.29, 1.82) is 0 Å². The van der Waals surface area contributed by atoms with Gasteiger partial charge in [0.2, 0.25) is 0 Å². The second kappa shape index (κ2) is 4.04. The molecular formula is C10H16F3NO3. The van der Waals surface area contributed by atoms with Gasteiger partial charge in [0, 0.05) is 7.11 Å². The van der Waals surface area contributed by atoms with E-state index in [1.54, 1.807) is 20.8 Å². The maximum atomic E-state index is 12.6. The highest BCUT2D eigenvalue weighted by atomic mass is 19.4. The molecule has 4 nitrogen and oxygen atoms in total. The molecule has 1 fully saturated rings. The number of hydrogen-bond acceptors (Lipinski definition) is 3. The minimum atomic E-state index is -4.49. The average Bonchev–Trinajstić information content (AvgIpc) is 1.95. The second-order valence-corrected chi connectivity index (χ2v) is 5.03. The first-order chi connectivity index (χ1) is 7.51. The molecule has 1 heterocycles. The first kappa shape index (κ1) is 14.1. The topological polar surface area (TPSA) is 38.8 Å². The van der Waals surface area contributed by atoms with Crippen molar-refractivity contribution in [2.75, 3.05) is 20.2 Å². The Morgan fingerprint density at radius 3 is 2.00 bits per heavy atom. The number of halogens is 3. The summed E-state index contributed by atoms with van der Waals surface area (Å²) in [6.07, 6.45) is -5.24. The zero-order valence-electron chi connectivity index (χ0n) is 10.2. The number of amides is 1. The fourth-order valence-electron chi connectivity index (χ4n) is 1.45. The summed E-state index contributed by atoms with van der Waals surface area (Å²) in [4.78, 5) is 12.4. The number of likely N-dealkylation sites (tertiary alicyclic amines) is 1. The average molecular weight is 255 g/mol. The summed E-state index contributed by atoms with van der Waals surface area (Å²) in [6.45, 7) is 3.90. The SMILES string of the molecule is COC1(C(F)(F)F)CN(C(=O)OC(C)(C)C)C1. The van der Waals surface area contributed by atoms with Gasteiger partial charge in [-0.15, -0.1) is 0 Å². The van der Waals surface area contributed by atoms with E-state index in [2.05, 4.69) is 4.74 Å². The zero-order chi connectivity index (χ0) is 13.5. The van der Waals surface area contributed by atoms with Crippen LogP contribution in [0.25, 0.3) is 0 Å². The Morgan fingerprint density at radius 2 is 1.71 bits per heavy atom. The molecule has 0 unspecified atom stereocenters. The van der Waals surface area contributed by atoms with E-state index in [0.717, 1.165) is 12.0 Å². The molecule has 100 valence electrons. The molecule has 0 bridgehead atoms. The van der Waals surface area contributed by atoms with E-state index in [1.807, 2.05) is 0 Å². The van der Waals surface area contributed by atoms with E-state index in [9.17, 15) is 18.0 Å². The fourth-order valence-corrected chi connectivity index (χ4v) is 1.45. The van der Waals surface area contributed by atoms with E-state index in [4.69, 9.17) is 4.74 Å². The molecule has 1 rings (SSSR count). The quantitative estimate of drug-likeness (QED) is 0.721. The second-order valence-electron chi connectivity index (χ2n) is 5.03. The van der Waals surface area contributed by atoms with Crippen molar-refractivity contribution in [3.8, 4) is 0 Å². The van der Waals surface area contributed by atoms with Gasteiger partial charge in [0.05, 0.1) is 13.1 Å². The number of carbonyl (C=O) groups excluding carboxylic acids is 1. The van der Waals surface area contributed by atoms with E-state index in [-0.39, 0.29) is 0 Å². The number of alkyl halides is 3. The largest absolute Gasteiger partial charge is 0.444 e. The monoisotopic (exact) mass is 255 g/mol. The molecule has 1 aliphatic rings. The first-order valence-corrected chi connectivity index (χ1v) is 5.10. The van der Waals surface area contributed by atoms with Crippen LogP contribution >= 0.6 is 0 Å². The van der Waals surface area contributed by atoms with Crippen molar-refractivity contribution in [1.82, 2.24) is 4.90 Å². The lowest BCUT2D eigenvalue weighted by molar-refractivity contribution is -0.305. The number of rotatable bonds is 1. The Kier molecular flexibility index (Phi) is 3.35. The number of ether oxygens (including phenoxy) is 2. The van der Waals surface area contributed by atoms with Crippen molar-refractivity contribution < 1.29 is 27.4 Å². The van der Waals surface area contributed by atoms with Crippen LogP contribution in [0.5, 0.6) is 0 Å². The number of carbonyl (C=O) groups is 1. The molecule has 0 aliphatic carbocycles. The molecule has 0 N–H and O–H groups in total. The van der Waals surface area contributed by atoms with Crippen LogP contribution < -0.4 is 0 Å². The smallest absolute Gasteiger partial charge is 0.420 e. The molecule has 7 heteroatoms. The van der Waals surface area contributed by atoms with Crippen LogP contribution in [-0.2, 0) is 9.47 Å². The molecule has 1 saturated heterocycles. The third-order valence-electron chi connectivity index (χ3n) is 2.45. The highest BCUT2D eigenvalue weighted by molar-refractivity contribution is 5.69. The van der Waals surface area contributed by atoms with Gasteiger partial charge in [-0.05, 0) is 20.8 Å². The van der Waals surface area contributed by atoms with Gasteiger partial charge in [-0.2, -0.15) is 13.2 Å². The molecule has 17 heavy (non-hydrogen) atoms. The van der Waals surface area contributed by atoms with Crippen LogP contribution in [0.3, 0.4) is 0 Å². The van der Waals surface area contributed by atoms with Gasteiger partial charge in [-0.25, -0.2) is 4.79 Å².